The quantitative estimate of drug-likeness (QED) is 0.481. The molecule has 1 aliphatic rings. The number of amides is 1. The molecule has 0 unspecified atom stereocenters. The minimum absolute atomic E-state index is 0.00901. The molecule has 1 amide bonds. The van der Waals surface area contributed by atoms with Gasteiger partial charge in [-0.3, -0.25) is 9.59 Å². The molecular weight excluding hydrogens is 307 g/mol. The van der Waals surface area contributed by atoms with Crippen LogP contribution in [-0.2, 0) is 9.59 Å². The van der Waals surface area contributed by atoms with Gasteiger partial charge in [0.25, 0.3) is 0 Å². The van der Waals surface area contributed by atoms with Crippen molar-refractivity contribution in [2.24, 2.45) is 0 Å². The van der Waals surface area contributed by atoms with E-state index in [1.165, 1.54) is 4.90 Å². The number of hydrogen-bond donors (Lipinski definition) is 1. The van der Waals surface area contributed by atoms with Crippen LogP contribution in [-0.4, -0.2) is 18.2 Å². The SMILES string of the molecule is Nc1ccc(I)cc1N1CC(=O)CC1=O. The van der Waals surface area contributed by atoms with Gasteiger partial charge in [-0.15, -0.1) is 0 Å². The van der Waals surface area contributed by atoms with E-state index in [1.807, 2.05) is 12.1 Å². The van der Waals surface area contributed by atoms with Crippen molar-refractivity contribution in [2.75, 3.05) is 17.2 Å². The zero-order chi connectivity index (χ0) is 11.0. The molecule has 0 aromatic heterocycles. The highest BCUT2D eigenvalue weighted by Gasteiger charge is 2.29. The minimum atomic E-state index is -0.172. The highest BCUT2D eigenvalue weighted by Crippen LogP contribution is 2.28. The summed E-state index contributed by atoms with van der Waals surface area (Å²) in [6.45, 7) is 0.142. The smallest absolute Gasteiger partial charge is 0.234 e. The number of Topliss-reactive ketones (excluding diaryl/α,β-unsaturated/α-hetero) is 1. The number of halogens is 1. The second kappa shape index (κ2) is 3.80. The van der Waals surface area contributed by atoms with Crippen molar-refractivity contribution in [3.8, 4) is 0 Å². The number of nitrogens with zero attached hydrogens (tertiary/aromatic N) is 1. The Labute approximate surface area is 101 Å². The molecule has 1 aromatic carbocycles. The van der Waals surface area contributed by atoms with Crippen LogP contribution in [0.3, 0.4) is 0 Å². The van der Waals surface area contributed by atoms with Gasteiger partial charge in [0.2, 0.25) is 5.91 Å². The topological polar surface area (TPSA) is 63.4 Å². The van der Waals surface area contributed by atoms with E-state index in [-0.39, 0.29) is 24.7 Å². The Balaban J connectivity index is 2.41. The van der Waals surface area contributed by atoms with Gasteiger partial charge in [-0.2, -0.15) is 0 Å². The fourth-order valence-electron chi connectivity index (χ4n) is 1.55. The van der Waals surface area contributed by atoms with Crippen molar-refractivity contribution in [1.29, 1.82) is 0 Å². The fourth-order valence-corrected chi connectivity index (χ4v) is 2.03. The second-order valence-electron chi connectivity index (χ2n) is 3.40. The maximum Gasteiger partial charge on any atom is 0.234 e. The molecule has 15 heavy (non-hydrogen) atoms. The van der Waals surface area contributed by atoms with Crippen molar-refractivity contribution >= 4 is 45.7 Å². The van der Waals surface area contributed by atoms with Crippen LogP contribution in [0.25, 0.3) is 0 Å². The number of carbonyl (C=O) groups excluding carboxylic acids is 2. The maximum absolute atomic E-state index is 11.5. The third-order valence-corrected chi connectivity index (χ3v) is 2.94. The molecule has 1 aliphatic heterocycles. The Morgan fingerprint density at radius 3 is 2.67 bits per heavy atom. The molecule has 0 bridgehead atoms. The Hall–Kier alpha value is -1.11. The molecule has 1 aromatic rings. The van der Waals surface area contributed by atoms with Gasteiger partial charge in [-0.05, 0) is 40.8 Å². The lowest BCUT2D eigenvalue weighted by Gasteiger charge is -2.17. The number of rotatable bonds is 1. The van der Waals surface area contributed by atoms with Gasteiger partial charge < -0.3 is 10.6 Å². The minimum Gasteiger partial charge on any atom is -0.397 e. The molecule has 1 saturated heterocycles. The van der Waals surface area contributed by atoms with Gasteiger partial charge in [-0.1, -0.05) is 0 Å². The highest BCUT2D eigenvalue weighted by atomic mass is 127. The Bertz CT molecular complexity index is 445. The molecule has 78 valence electrons. The van der Waals surface area contributed by atoms with E-state index in [9.17, 15) is 9.59 Å². The predicted molar refractivity (Wildman–Crippen MR) is 65.5 cm³/mol. The summed E-state index contributed by atoms with van der Waals surface area (Å²) in [6, 6.07) is 5.42. The van der Waals surface area contributed by atoms with Gasteiger partial charge in [0, 0.05) is 3.57 Å². The summed E-state index contributed by atoms with van der Waals surface area (Å²) >= 11 is 2.14. The van der Waals surface area contributed by atoms with E-state index in [0.717, 1.165) is 3.57 Å². The van der Waals surface area contributed by atoms with E-state index in [1.54, 1.807) is 6.07 Å². The molecule has 1 fully saturated rings. The molecule has 0 spiro atoms. The lowest BCUT2D eigenvalue weighted by molar-refractivity contribution is -0.121. The molecule has 0 saturated carbocycles. The molecule has 4 nitrogen and oxygen atoms in total. The number of carbonyl (C=O) groups is 2. The lowest BCUT2D eigenvalue weighted by Crippen LogP contribution is -2.25. The molecule has 0 radical (unpaired) electrons. The molecular formula is C10H9IN2O2. The van der Waals surface area contributed by atoms with Crippen LogP contribution in [0.15, 0.2) is 18.2 Å². The number of anilines is 2. The number of nitrogens with two attached hydrogens (primary N) is 1. The Morgan fingerprint density at radius 1 is 1.33 bits per heavy atom. The van der Waals surface area contributed by atoms with E-state index >= 15 is 0 Å². The Kier molecular flexibility index (Phi) is 2.64. The molecule has 0 atom stereocenters. The first-order valence-electron chi connectivity index (χ1n) is 4.45. The van der Waals surface area contributed by atoms with E-state index in [0.29, 0.717) is 11.4 Å². The maximum atomic E-state index is 11.5. The summed E-state index contributed by atoms with van der Waals surface area (Å²) in [4.78, 5) is 24.1. The fraction of sp³-hybridized carbons (Fsp3) is 0.200. The molecule has 2 rings (SSSR count). The first-order chi connectivity index (χ1) is 7.08. The average molecular weight is 316 g/mol. The highest BCUT2D eigenvalue weighted by molar-refractivity contribution is 14.1. The van der Waals surface area contributed by atoms with Crippen LogP contribution in [0.4, 0.5) is 11.4 Å². The van der Waals surface area contributed by atoms with E-state index in [2.05, 4.69) is 22.6 Å². The molecule has 5 heteroatoms. The van der Waals surface area contributed by atoms with Crippen molar-refractivity contribution in [2.45, 2.75) is 6.42 Å². The normalized spacial score (nSPS) is 16.2. The lowest BCUT2D eigenvalue weighted by atomic mass is 10.2. The van der Waals surface area contributed by atoms with Gasteiger partial charge in [0.05, 0.1) is 24.3 Å². The van der Waals surface area contributed by atoms with Gasteiger partial charge >= 0.3 is 0 Å². The summed E-state index contributed by atoms with van der Waals surface area (Å²) in [6.07, 6.45) is -0.00901. The van der Waals surface area contributed by atoms with E-state index < -0.39 is 0 Å². The zero-order valence-corrected chi connectivity index (χ0v) is 10.0. The first kappa shape index (κ1) is 10.4. The van der Waals surface area contributed by atoms with Crippen molar-refractivity contribution in [1.82, 2.24) is 0 Å². The van der Waals surface area contributed by atoms with Crippen molar-refractivity contribution in [3.63, 3.8) is 0 Å². The van der Waals surface area contributed by atoms with Crippen LogP contribution in [0, 0.1) is 3.57 Å². The van der Waals surface area contributed by atoms with Crippen LogP contribution in [0.5, 0.6) is 0 Å². The number of benzene rings is 1. The summed E-state index contributed by atoms with van der Waals surface area (Å²) in [7, 11) is 0. The number of ketones is 1. The third kappa shape index (κ3) is 1.97. The largest absolute Gasteiger partial charge is 0.397 e. The standard InChI is InChI=1S/C10H9IN2O2/c11-6-1-2-8(12)9(3-6)13-5-7(14)4-10(13)15/h1-3H,4-5,12H2. The van der Waals surface area contributed by atoms with Gasteiger partial charge in [-0.25, -0.2) is 0 Å². The Morgan fingerprint density at radius 2 is 2.07 bits per heavy atom. The zero-order valence-electron chi connectivity index (χ0n) is 7.87. The summed E-state index contributed by atoms with van der Waals surface area (Å²) < 4.78 is 0.990. The number of nitrogen functional groups attached to an aromatic ring is 1. The molecule has 1 heterocycles. The van der Waals surface area contributed by atoms with Gasteiger partial charge in [0.15, 0.2) is 5.78 Å². The first-order valence-corrected chi connectivity index (χ1v) is 5.53. The van der Waals surface area contributed by atoms with Gasteiger partial charge in [0.1, 0.15) is 0 Å². The second-order valence-corrected chi connectivity index (χ2v) is 4.64. The average Bonchev–Trinajstić information content (AvgIpc) is 2.50. The monoisotopic (exact) mass is 316 g/mol. The molecule has 2 N–H and O–H groups in total. The summed E-state index contributed by atoms with van der Waals surface area (Å²) in [5.41, 5.74) is 6.93. The predicted octanol–water partition coefficient (Wildman–Crippen LogP) is 1.18. The van der Waals surface area contributed by atoms with Crippen molar-refractivity contribution < 1.29 is 9.59 Å². The van der Waals surface area contributed by atoms with E-state index in [4.69, 9.17) is 5.73 Å². The van der Waals surface area contributed by atoms with Crippen LogP contribution < -0.4 is 10.6 Å². The third-order valence-electron chi connectivity index (χ3n) is 2.27. The van der Waals surface area contributed by atoms with Crippen LogP contribution >= 0.6 is 22.6 Å². The van der Waals surface area contributed by atoms with Crippen LogP contribution in [0.1, 0.15) is 6.42 Å². The summed E-state index contributed by atoms with van der Waals surface area (Å²) in [5, 5.41) is 0. The van der Waals surface area contributed by atoms with Crippen molar-refractivity contribution in [3.05, 3.63) is 21.8 Å². The summed E-state index contributed by atoms with van der Waals surface area (Å²) in [5.74, 6) is -0.230. The molecule has 0 aliphatic carbocycles. The number of hydrogen-bond acceptors (Lipinski definition) is 3. The van der Waals surface area contributed by atoms with Crippen LogP contribution in [0.2, 0.25) is 0 Å².